The number of fused-ring (bicyclic) bond motifs is 2. The van der Waals surface area contributed by atoms with Crippen LogP contribution in [0.3, 0.4) is 0 Å². The maximum absolute atomic E-state index is 12.7. The van der Waals surface area contributed by atoms with Crippen molar-refractivity contribution in [2.45, 2.75) is 43.8 Å². The Morgan fingerprint density at radius 3 is 2.73 bits per heavy atom. The summed E-state index contributed by atoms with van der Waals surface area (Å²) in [6.45, 7) is 2.28. The summed E-state index contributed by atoms with van der Waals surface area (Å²) in [7, 11) is 0. The lowest BCUT2D eigenvalue weighted by Gasteiger charge is -2.30. The number of halogens is 3. The van der Waals surface area contributed by atoms with Gasteiger partial charge in [-0.1, -0.05) is 59.1 Å². The zero-order valence-corrected chi connectivity index (χ0v) is 21.8. The molecule has 33 heavy (non-hydrogen) atoms. The molecule has 2 aliphatic rings. The van der Waals surface area contributed by atoms with Crippen LogP contribution in [0.1, 0.15) is 38.6 Å². The van der Waals surface area contributed by atoms with Crippen LogP contribution >= 0.6 is 57.9 Å². The van der Waals surface area contributed by atoms with Crippen LogP contribution in [0.5, 0.6) is 0 Å². The van der Waals surface area contributed by atoms with Gasteiger partial charge in [0.05, 0.1) is 31.4 Å². The normalized spacial score (nSPS) is 22.6. The summed E-state index contributed by atoms with van der Waals surface area (Å²) >= 11 is 21.3. The van der Waals surface area contributed by atoms with Gasteiger partial charge in [-0.05, 0) is 67.5 Å². The first kappa shape index (κ1) is 23.5. The minimum atomic E-state index is -0.194. The van der Waals surface area contributed by atoms with E-state index in [0.717, 1.165) is 27.7 Å². The van der Waals surface area contributed by atoms with Crippen molar-refractivity contribution < 1.29 is 4.79 Å². The van der Waals surface area contributed by atoms with Crippen molar-refractivity contribution in [3.63, 3.8) is 0 Å². The maximum atomic E-state index is 12.7. The van der Waals surface area contributed by atoms with Crippen LogP contribution in [0.4, 0.5) is 5.69 Å². The lowest BCUT2D eigenvalue weighted by atomic mass is 9.84. The van der Waals surface area contributed by atoms with Crippen molar-refractivity contribution in [3.8, 4) is 10.7 Å². The molecular formula is C23H23Cl3N4OS2. The van der Waals surface area contributed by atoms with Gasteiger partial charge in [0.25, 0.3) is 0 Å². The average molecular weight is 542 g/mol. The van der Waals surface area contributed by atoms with Crippen LogP contribution in [0.2, 0.25) is 15.1 Å². The third-order valence-corrected chi connectivity index (χ3v) is 9.69. The highest BCUT2D eigenvalue weighted by Crippen LogP contribution is 2.53. The number of nitrogens with zero attached hydrogens (tertiary/aromatic N) is 3. The van der Waals surface area contributed by atoms with Crippen molar-refractivity contribution >= 4 is 69.5 Å². The standard InChI is InChI=1S/C23H23Cl3N4OS2/c1-12(15-8-13-4-5-14(15)7-13)30-22(20-3-2-6-32-20)28-29-23(30)33-11-21(31)27-19-10-17(25)16(24)9-18(19)26/h2-3,6,9-10,12-15H,4-5,7-8,11H2,1H3,(H,27,31)/t12-,13-,14-,15-/m0/s1. The van der Waals surface area contributed by atoms with E-state index >= 15 is 0 Å². The van der Waals surface area contributed by atoms with Crippen LogP contribution in [0, 0.1) is 17.8 Å². The van der Waals surface area contributed by atoms with Gasteiger partial charge in [0.1, 0.15) is 0 Å². The molecule has 10 heteroatoms. The van der Waals surface area contributed by atoms with E-state index in [1.54, 1.807) is 17.4 Å². The number of hydrogen-bond acceptors (Lipinski definition) is 5. The number of carbonyl (C=O) groups excluding carboxylic acids is 1. The maximum Gasteiger partial charge on any atom is 0.234 e. The number of anilines is 1. The lowest BCUT2D eigenvalue weighted by Crippen LogP contribution is -2.23. The highest BCUT2D eigenvalue weighted by molar-refractivity contribution is 7.99. The van der Waals surface area contributed by atoms with E-state index in [1.807, 2.05) is 6.07 Å². The van der Waals surface area contributed by atoms with Crippen LogP contribution in [-0.2, 0) is 4.79 Å². The minimum Gasteiger partial charge on any atom is -0.324 e. The molecule has 2 heterocycles. The van der Waals surface area contributed by atoms with Crippen molar-refractivity contribution in [2.24, 2.45) is 17.8 Å². The van der Waals surface area contributed by atoms with Gasteiger partial charge < -0.3 is 5.32 Å². The van der Waals surface area contributed by atoms with E-state index in [4.69, 9.17) is 34.8 Å². The molecule has 1 N–H and O–H groups in total. The monoisotopic (exact) mass is 540 g/mol. The van der Waals surface area contributed by atoms with E-state index < -0.39 is 0 Å². The van der Waals surface area contributed by atoms with Gasteiger partial charge in [-0.25, -0.2) is 0 Å². The van der Waals surface area contributed by atoms with Crippen LogP contribution in [-0.4, -0.2) is 26.4 Å². The highest BCUT2D eigenvalue weighted by Gasteiger charge is 2.43. The molecule has 2 bridgehead atoms. The molecule has 2 fully saturated rings. The predicted molar refractivity (Wildman–Crippen MR) is 138 cm³/mol. The van der Waals surface area contributed by atoms with Crippen molar-refractivity contribution in [1.29, 1.82) is 0 Å². The van der Waals surface area contributed by atoms with Gasteiger partial charge in [0.15, 0.2) is 11.0 Å². The predicted octanol–water partition coefficient (Wildman–Crippen LogP) is 7.69. The Bertz CT molecular complexity index is 1170. The number of thiophene rings is 1. The molecule has 2 aliphatic carbocycles. The Hall–Kier alpha value is -1.25. The summed E-state index contributed by atoms with van der Waals surface area (Å²) in [5.41, 5.74) is 0.438. The molecule has 5 nitrogen and oxygen atoms in total. The number of benzene rings is 1. The lowest BCUT2D eigenvalue weighted by molar-refractivity contribution is -0.113. The number of hydrogen-bond donors (Lipinski definition) is 1. The van der Waals surface area contributed by atoms with E-state index in [1.165, 1.54) is 43.5 Å². The van der Waals surface area contributed by atoms with E-state index in [2.05, 4.69) is 38.5 Å². The number of rotatable bonds is 7. The molecule has 0 spiro atoms. The fourth-order valence-electron chi connectivity index (χ4n) is 5.33. The second-order valence-corrected chi connectivity index (χ2v) is 11.9. The quantitative estimate of drug-likeness (QED) is 0.246. The number of carbonyl (C=O) groups is 1. The third-order valence-electron chi connectivity index (χ3n) is 6.84. The average Bonchev–Trinajstić information content (AvgIpc) is 3.59. The molecule has 174 valence electrons. The van der Waals surface area contributed by atoms with Gasteiger partial charge >= 0.3 is 0 Å². The first-order valence-electron chi connectivity index (χ1n) is 11.0. The summed E-state index contributed by atoms with van der Waals surface area (Å²) in [5.74, 6) is 3.14. The number of amides is 1. The second-order valence-electron chi connectivity index (χ2n) is 8.82. The zero-order valence-electron chi connectivity index (χ0n) is 17.9. The van der Waals surface area contributed by atoms with E-state index in [0.29, 0.717) is 26.7 Å². The molecular weight excluding hydrogens is 519 g/mol. The number of aromatic nitrogens is 3. The summed E-state index contributed by atoms with van der Waals surface area (Å²) in [6.07, 6.45) is 5.31. The number of nitrogens with one attached hydrogen (secondary N) is 1. The van der Waals surface area contributed by atoms with Crippen LogP contribution < -0.4 is 5.32 Å². The summed E-state index contributed by atoms with van der Waals surface area (Å²) < 4.78 is 2.25. The summed E-state index contributed by atoms with van der Waals surface area (Å²) in [4.78, 5) is 13.8. The Morgan fingerprint density at radius 2 is 2.03 bits per heavy atom. The summed E-state index contributed by atoms with van der Waals surface area (Å²) in [5, 5.41) is 15.7. The minimum absolute atomic E-state index is 0.183. The molecule has 4 atom stereocenters. The van der Waals surface area contributed by atoms with E-state index in [-0.39, 0.29) is 17.7 Å². The molecule has 3 aromatic rings. The largest absolute Gasteiger partial charge is 0.324 e. The molecule has 0 unspecified atom stereocenters. The smallest absolute Gasteiger partial charge is 0.234 e. The molecule has 2 saturated carbocycles. The van der Waals surface area contributed by atoms with Crippen molar-refractivity contribution in [1.82, 2.24) is 14.8 Å². The fourth-order valence-corrected chi connectivity index (χ4v) is 7.45. The molecule has 2 aromatic heterocycles. The Morgan fingerprint density at radius 1 is 1.21 bits per heavy atom. The molecule has 1 amide bonds. The Kier molecular flexibility index (Phi) is 6.96. The number of thioether (sulfide) groups is 1. The highest BCUT2D eigenvalue weighted by atomic mass is 35.5. The van der Waals surface area contributed by atoms with Crippen LogP contribution in [0.25, 0.3) is 10.7 Å². The first-order chi connectivity index (χ1) is 15.9. The second kappa shape index (κ2) is 9.78. The first-order valence-corrected chi connectivity index (χ1v) is 14.0. The molecule has 1 aromatic carbocycles. The third kappa shape index (κ3) is 4.80. The molecule has 0 radical (unpaired) electrons. The van der Waals surface area contributed by atoms with Crippen LogP contribution in [0.15, 0.2) is 34.8 Å². The molecule has 0 saturated heterocycles. The molecule has 0 aliphatic heterocycles. The van der Waals surface area contributed by atoms with Crippen molar-refractivity contribution in [2.75, 3.05) is 11.1 Å². The topological polar surface area (TPSA) is 59.8 Å². The Balaban J connectivity index is 1.35. The summed E-state index contributed by atoms with van der Waals surface area (Å²) in [6, 6.07) is 7.47. The van der Waals surface area contributed by atoms with Gasteiger partial charge in [0, 0.05) is 6.04 Å². The van der Waals surface area contributed by atoms with Gasteiger partial charge in [0.2, 0.25) is 5.91 Å². The molecule has 5 rings (SSSR count). The Labute approximate surface area is 216 Å². The van der Waals surface area contributed by atoms with E-state index in [9.17, 15) is 4.79 Å². The van der Waals surface area contributed by atoms with Gasteiger partial charge in [-0.3, -0.25) is 9.36 Å². The van der Waals surface area contributed by atoms with Gasteiger partial charge in [-0.15, -0.1) is 21.5 Å². The zero-order chi connectivity index (χ0) is 23.1. The SMILES string of the molecule is C[C@@H]([C@@H]1C[C@H]2CC[C@H]1C2)n1c(SCC(=O)Nc2cc(Cl)c(Cl)cc2Cl)nnc1-c1cccs1. The van der Waals surface area contributed by atoms with Gasteiger partial charge in [-0.2, -0.15) is 0 Å². The van der Waals surface area contributed by atoms with Crippen molar-refractivity contribution in [3.05, 3.63) is 44.7 Å². The fraction of sp³-hybridized carbons (Fsp3) is 0.435.